The average molecular weight is 887 g/mol. The molecule has 0 radical (unpaired) electrons. The molecule has 0 saturated heterocycles. The standard InChI is InChI=1S/C58H94O6/c1-4-7-10-13-16-19-22-25-28-29-31-33-36-39-42-45-48-51-57(60)63-54-55(53-62-56(59)50-47-44-41-38-35-32-27-24-21-18-15-12-9-6-3)64-58(61)52-49-46-43-40-37-34-30-26-23-20-17-14-11-8-5-2/h7,9-10,12-13,16,18-23,25,28-29,31,33,36,55H,4-6,8,11,14-15,17,24,26-27,30,32,34-35,37-54H2,1-3H3/b10-7-,12-9-,16-13-,21-18-,22-19-,23-20-,28-25-,31-29+,36-33-. The van der Waals surface area contributed by atoms with Crippen molar-refractivity contribution in [2.24, 2.45) is 0 Å². The van der Waals surface area contributed by atoms with Gasteiger partial charge in [0, 0.05) is 19.3 Å². The Balaban J connectivity index is 4.51. The van der Waals surface area contributed by atoms with Crippen LogP contribution in [0.25, 0.3) is 0 Å². The maximum absolute atomic E-state index is 12.8. The van der Waals surface area contributed by atoms with Gasteiger partial charge in [-0.15, -0.1) is 0 Å². The lowest BCUT2D eigenvalue weighted by Gasteiger charge is -2.18. The number of hydrogen-bond donors (Lipinski definition) is 0. The molecule has 0 spiro atoms. The van der Waals surface area contributed by atoms with E-state index in [9.17, 15) is 14.4 Å². The Morgan fingerprint density at radius 1 is 0.344 bits per heavy atom. The number of esters is 3. The predicted octanol–water partition coefficient (Wildman–Crippen LogP) is 17.1. The zero-order valence-electron chi connectivity index (χ0n) is 41.3. The first-order chi connectivity index (χ1) is 31.5. The van der Waals surface area contributed by atoms with Crippen molar-refractivity contribution in [3.8, 4) is 0 Å². The first-order valence-corrected chi connectivity index (χ1v) is 26.0. The van der Waals surface area contributed by atoms with Crippen LogP contribution in [0.5, 0.6) is 0 Å². The van der Waals surface area contributed by atoms with Crippen LogP contribution in [0.1, 0.15) is 220 Å². The molecule has 0 N–H and O–H groups in total. The second-order valence-electron chi connectivity index (χ2n) is 16.8. The average Bonchev–Trinajstić information content (AvgIpc) is 3.29. The van der Waals surface area contributed by atoms with Crippen molar-refractivity contribution in [1.82, 2.24) is 0 Å². The molecule has 0 amide bonds. The Bertz CT molecular complexity index is 1340. The molecule has 0 fully saturated rings. The molecule has 0 aliphatic carbocycles. The smallest absolute Gasteiger partial charge is 0.306 e. The van der Waals surface area contributed by atoms with E-state index in [0.717, 1.165) is 89.9 Å². The highest BCUT2D eigenvalue weighted by Crippen LogP contribution is 2.14. The van der Waals surface area contributed by atoms with E-state index in [1.54, 1.807) is 0 Å². The summed E-state index contributed by atoms with van der Waals surface area (Å²) >= 11 is 0. The van der Waals surface area contributed by atoms with E-state index in [2.05, 4.69) is 69.4 Å². The number of ether oxygens (including phenoxy) is 3. The van der Waals surface area contributed by atoms with Crippen LogP contribution in [0.4, 0.5) is 0 Å². The monoisotopic (exact) mass is 887 g/mol. The number of carbonyl (C=O) groups excluding carboxylic acids is 3. The van der Waals surface area contributed by atoms with E-state index in [-0.39, 0.29) is 31.1 Å². The Kier molecular flexibility index (Phi) is 48.5. The first kappa shape index (κ1) is 60.1. The molecule has 0 aromatic carbocycles. The van der Waals surface area contributed by atoms with E-state index >= 15 is 0 Å². The molecule has 0 bridgehead atoms. The summed E-state index contributed by atoms with van der Waals surface area (Å²) in [4.78, 5) is 38.0. The van der Waals surface area contributed by atoms with Crippen molar-refractivity contribution in [3.63, 3.8) is 0 Å². The highest BCUT2D eigenvalue weighted by atomic mass is 16.6. The van der Waals surface area contributed by atoms with Crippen LogP contribution in [0.15, 0.2) is 109 Å². The molecule has 0 saturated carbocycles. The Morgan fingerprint density at radius 3 is 1.16 bits per heavy atom. The highest BCUT2D eigenvalue weighted by molar-refractivity contribution is 5.71. The third-order valence-corrected chi connectivity index (χ3v) is 10.7. The van der Waals surface area contributed by atoms with Crippen molar-refractivity contribution >= 4 is 17.9 Å². The molecule has 362 valence electrons. The maximum atomic E-state index is 12.8. The second-order valence-corrected chi connectivity index (χ2v) is 16.8. The largest absolute Gasteiger partial charge is 0.462 e. The zero-order chi connectivity index (χ0) is 46.5. The Morgan fingerprint density at radius 2 is 0.688 bits per heavy atom. The second kappa shape index (κ2) is 51.7. The van der Waals surface area contributed by atoms with Gasteiger partial charge in [-0.2, -0.15) is 0 Å². The van der Waals surface area contributed by atoms with E-state index in [1.165, 1.54) is 89.9 Å². The number of allylic oxidation sites excluding steroid dienone is 18. The Hall–Kier alpha value is -3.93. The SMILES string of the molecule is CC\C=C/C=C\C=C/C=C\C=C\C=C/CCCCCC(=O)OCC(COC(=O)CCCCCCCCC/C=C\C/C=C\CC)OC(=O)CCCCCCCCC/C=C\CCCCCC. The van der Waals surface area contributed by atoms with Crippen molar-refractivity contribution in [2.75, 3.05) is 13.2 Å². The van der Waals surface area contributed by atoms with Gasteiger partial charge in [-0.25, -0.2) is 0 Å². The summed E-state index contributed by atoms with van der Waals surface area (Å²) in [6, 6.07) is 0. The molecule has 0 aliphatic heterocycles. The molecule has 0 aliphatic rings. The number of unbranched alkanes of at least 4 members (excludes halogenated alkanes) is 21. The molecule has 1 unspecified atom stereocenters. The zero-order valence-corrected chi connectivity index (χ0v) is 41.3. The van der Waals surface area contributed by atoms with Gasteiger partial charge in [0.05, 0.1) is 0 Å². The normalized spacial score (nSPS) is 13.0. The molecular formula is C58H94O6. The van der Waals surface area contributed by atoms with Crippen LogP contribution < -0.4 is 0 Å². The molecular weight excluding hydrogens is 793 g/mol. The van der Waals surface area contributed by atoms with Crippen molar-refractivity contribution in [1.29, 1.82) is 0 Å². The number of rotatable bonds is 45. The van der Waals surface area contributed by atoms with Crippen LogP contribution in [-0.4, -0.2) is 37.2 Å². The molecule has 0 rings (SSSR count). The van der Waals surface area contributed by atoms with Crippen LogP contribution in [0, 0.1) is 0 Å². The first-order valence-electron chi connectivity index (χ1n) is 26.0. The van der Waals surface area contributed by atoms with Gasteiger partial charge in [-0.1, -0.05) is 220 Å². The summed E-state index contributed by atoms with van der Waals surface area (Å²) in [5.41, 5.74) is 0. The molecule has 0 heterocycles. The molecule has 1 atom stereocenters. The summed E-state index contributed by atoms with van der Waals surface area (Å²) in [5.74, 6) is -0.962. The topological polar surface area (TPSA) is 78.9 Å². The minimum Gasteiger partial charge on any atom is -0.462 e. The predicted molar refractivity (Wildman–Crippen MR) is 274 cm³/mol. The fourth-order valence-corrected chi connectivity index (χ4v) is 6.80. The van der Waals surface area contributed by atoms with Crippen LogP contribution in [-0.2, 0) is 28.6 Å². The lowest BCUT2D eigenvalue weighted by atomic mass is 10.1. The van der Waals surface area contributed by atoms with Crippen LogP contribution >= 0.6 is 0 Å². The summed E-state index contributed by atoms with van der Waals surface area (Å²) < 4.78 is 16.8. The van der Waals surface area contributed by atoms with Gasteiger partial charge in [-0.3, -0.25) is 14.4 Å². The third kappa shape index (κ3) is 49.1. The third-order valence-electron chi connectivity index (χ3n) is 10.7. The maximum Gasteiger partial charge on any atom is 0.306 e. The van der Waals surface area contributed by atoms with E-state index in [1.807, 2.05) is 60.8 Å². The van der Waals surface area contributed by atoms with Crippen LogP contribution in [0.3, 0.4) is 0 Å². The van der Waals surface area contributed by atoms with Crippen LogP contribution in [0.2, 0.25) is 0 Å². The minimum atomic E-state index is -0.803. The van der Waals surface area contributed by atoms with Gasteiger partial charge in [-0.05, 0) is 89.9 Å². The van der Waals surface area contributed by atoms with Gasteiger partial charge < -0.3 is 14.2 Å². The van der Waals surface area contributed by atoms with Crippen molar-refractivity contribution < 1.29 is 28.6 Å². The fourth-order valence-electron chi connectivity index (χ4n) is 6.80. The number of hydrogen-bond acceptors (Lipinski definition) is 6. The Labute approximate surface area is 393 Å². The summed E-state index contributed by atoms with van der Waals surface area (Å²) in [6.45, 7) is 6.32. The number of carbonyl (C=O) groups is 3. The summed E-state index contributed by atoms with van der Waals surface area (Å²) in [6.07, 6.45) is 69.2. The summed E-state index contributed by atoms with van der Waals surface area (Å²) in [7, 11) is 0. The van der Waals surface area contributed by atoms with E-state index in [4.69, 9.17) is 14.2 Å². The highest BCUT2D eigenvalue weighted by Gasteiger charge is 2.19. The summed E-state index contributed by atoms with van der Waals surface area (Å²) in [5, 5.41) is 0. The van der Waals surface area contributed by atoms with Gasteiger partial charge in [0.25, 0.3) is 0 Å². The molecule has 0 aromatic heterocycles. The lowest BCUT2D eigenvalue weighted by molar-refractivity contribution is -0.167. The minimum absolute atomic E-state index is 0.100. The molecule has 6 heteroatoms. The quantitative estimate of drug-likeness (QED) is 0.0199. The van der Waals surface area contributed by atoms with Gasteiger partial charge in [0.2, 0.25) is 0 Å². The van der Waals surface area contributed by atoms with E-state index < -0.39 is 6.10 Å². The van der Waals surface area contributed by atoms with Crippen molar-refractivity contribution in [3.05, 3.63) is 109 Å². The van der Waals surface area contributed by atoms with Crippen molar-refractivity contribution in [2.45, 2.75) is 226 Å². The fraction of sp³-hybridized carbons (Fsp3) is 0.638. The van der Waals surface area contributed by atoms with Gasteiger partial charge in [0.1, 0.15) is 13.2 Å². The van der Waals surface area contributed by atoms with Gasteiger partial charge >= 0.3 is 17.9 Å². The van der Waals surface area contributed by atoms with Gasteiger partial charge in [0.15, 0.2) is 6.10 Å². The molecule has 0 aromatic rings. The molecule has 64 heavy (non-hydrogen) atoms. The molecule has 6 nitrogen and oxygen atoms in total. The van der Waals surface area contributed by atoms with E-state index in [0.29, 0.717) is 19.3 Å². The lowest BCUT2D eigenvalue weighted by Crippen LogP contribution is -2.30.